The van der Waals surface area contributed by atoms with E-state index in [1.807, 2.05) is 18.2 Å². The molecule has 0 saturated heterocycles. The highest BCUT2D eigenvalue weighted by Crippen LogP contribution is 2.27. The first-order chi connectivity index (χ1) is 10.8. The Balaban J connectivity index is 2.06. The van der Waals surface area contributed by atoms with Crippen LogP contribution in [0.3, 0.4) is 0 Å². The monoisotopic (exact) mass is 309 g/mol. The molecule has 3 rings (SSSR count). The Kier molecular flexibility index (Phi) is 3.63. The number of fused-ring (bicyclic) bond motifs is 1. The van der Waals surface area contributed by atoms with Crippen LogP contribution in [-0.4, -0.2) is 14.2 Å². The second kappa shape index (κ2) is 5.37. The molecule has 2 heterocycles. The molecule has 4 nitrogen and oxygen atoms in total. The second-order valence-corrected chi connectivity index (χ2v) is 7.21. The van der Waals surface area contributed by atoms with Crippen molar-refractivity contribution in [3.05, 3.63) is 69.3 Å². The van der Waals surface area contributed by atoms with Crippen molar-refractivity contribution in [2.75, 3.05) is 0 Å². The average molecular weight is 309 g/mol. The van der Waals surface area contributed by atoms with Gasteiger partial charge in [0.1, 0.15) is 0 Å². The first kappa shape index (κ1) is 15.5. The Morgan fingerprint density at radius 2 is 1.74 bits per heavy atom. The molecule has 0 fully saturated rings. The van der Waals surface area contributed by atoms with Crippen LogP contribution in [0.25, 0.3) is 5.65 Å². The van der Waals surface area contributed by atoms with Crippen molar-refractivity contribution in [3.8, 4) is 0 Å². The predicted octanol–water partition coefficient (Wildman–Crippen LogP) is 3.46. The Bertz CT molecular complexity index is 903. The summed E-state index contributed by atoms with van der Waals surface area (Å²) in [5.41, 5.74) is 5.60. The minimum atomic E-state index is -0.0979. The maximum atomic E-state index is 12.4. The molecule has 0 saturated carbocycles. The molecule has 2 aromatic heterocycles. The first-order valence-corrected chi connectivity index (χ1v) is 7.92. The lowest BCUT2D eigenvalue weighted by atomic mass is 9.84. The van der Waals surface area contributed by atoms with Gasteiger partial charge in [-0.2, -0.15) is 0 Å². The number of hydrogen-bond acceptors (Lipinski definition) is 2. The van der Waals surface area contributed by atoms with Crippen LogP contribution in [-0.2, 0) is 12.0 Å². The van der Waals surface area contributed by atoms with Gasteiger partial charge in [-0.25, -0.2) is 9.48 Å². The fourth-order valence-electron chi connectivity index (χ4n) is 2.90. The van der Waals surface area contributed by atoms with Gasteiger partial charge in [-0.3, -0.25) is 4.40 Å². The summed E-state index contributed by atoms with van der Waals surface area (Å²) in [7, 11) is 0. The molecule has 1 aromatic carbocycles. The van der Waals surface area contributed by atoms with Crippen molar-refractivity contribution in [2.45, 2.75) is 46.6 Å². The van der Waals surface area contributed by atoms with E-state index in [1.165, 1.54) is 22.3 Å². The van der Waals surface area contributed by atoms with Crippen molar-refractivity contribution in [2.24, 2.45) is 0 Å². The molecule has 0 spiro atoms. The van der Waals surface area contributed by atoms with E-state index in [1.54, 1.807) is 15.3 Å². The van der Waals surface area contributed by atoms with Gasteiger partial charge in [-0.15, -0.1) is 5.10 Å². The average Bonchev–Trinajstić information content (AvgIpc) is 2.78. The van der Waals surface area contributed by atoms with Crippen molar-refractivity contribution < 1.29 is 0 Å². The van der Waals surface area contributed by atoms with E-state index in [0.717, 1.165) is 0 Å². The van der Waals surface area contributed by atoms with Gasteiger partial charge < -0.3 is 0 Å². The lowest BCUT2D eigenvalue weighted by Crippen LogP contribution is -2.22. The van der Waals surface area contributed by atoms with Crippen LogP contribution in [0, 0.1) is 13.8 Å². The fourth-order valence-corrected chi connectivity index (χ4v) is 2.90. The normalized spacial score (nSPS) is 12.0. The summed E-state index contributed by atoms with van der Waals surface area (Å²) in [4.78, 5) is 12.4. The van der Waals surface area contributed by atoms with Gasteiger partial charge in [-0.1, -0.05) is 39.0 Å². The van der Waals surface area contributed by atoms with Gasteiger partial charge in [0, 0.05) is 6.20 Å². The highest BCUT2D eigenvalue weighted by molar-refractivity contribution is 5.41. The minimum Gasteiger partial charge on any atom is -0.250 e. The molecule has 0 radical (unpaired) electrons. The van der Waals surface area contributed by atoms with Gasteiger partial charge in [0.05, 0.1) is 6.54 Å². The smallest absolute Gasteiger partial charge is 0.250 e. The highest BCUT2D eigenvalue weighted by atomic mass is 16.2. The topological polar surface area (TPSA) is 39.3 Å². The SMILES string of the molecule is Cc1cc(C(C)(C)C)cc(C)c1Cn1nc2ccccn2c1=O. The number of nitrogens with zero attached hydrogens (tertiary/aromatic N) is 3. The summed E-state index contributed by atoms with van der Waals surface area (Å²) in [5.74, 6) is 0. The Hall–Kier alpha value is -2.36. The van der Waals surface area contributed by atoms with Crippen LogP contribution in [0.4, 0.5) is 0 Å². The molecule has 0 aliphatic carbocycles. The number of rotatable bonds is 2. The Morgan fingerprint density at radius 1 is 1.09 bits per heavy atom. The van der Waals surface area contributed by atoms with Crippen LogP contribution in [0.2, 0.25) is 0 Å². The first-order valence-electron chi connectivity index (χ1n) is 7.92. The molecular weight excluding hydrogens is 286 g/mol. The van der Waals surface area contributed by atoms with E-state index >= 15 is 0 Å². The summed E-state index contributed by atoms with van der Waals surface area (Å²) in [6.45, 7) is 11.4. The minimum absolute atomic E-state index is 0.0979. The van der Waals surface area contributed by atoms with Crippen LogP contribution in [0.15, 0.2) is 41.3 Å². The molecule has 120 valence electrons. The Labute approximate surface area is 136 Å². The van der Waals surface area contributed by atoms with Crippen LogP contribution < -0.4 is 5.69 Å². The predicted molar refractivity (Wildman–Crippen MR) is 93.2 cm³/mol. The lowest BCUT2D eigenvalue weighted by molar-refractivity contribution is 0.587. The van der Waals surface area contributed by atoms with Crippen LogP contribution in [0.1, 0.15) is 43.0 Å². The van der Waals surface area contributed by atoms with Crippen molar-refractivity contribution >= 4 is 5.65 Å². The largest absolute Gasteiger partial charge is 0.350 e. The van der Waals surface area contributed by atoms with E-state index in [4.69, 9.17) is 0 Å². The fraction of sp³-hybridized carbons (Fsp3) is 0.368. The maximum Gasteiger partial charge on any atom is 0.350 e. The standard InChI is InChI=1S/C19H23N3O/c1-13-10-15(19(3,4)5)11-14(2)16(13)12-22-18(23)21-9-7-6-8-17(21)20-22/h6-11H,12H2,1-5H3. The van der Waals surface area contributed by atoms with Crippen molar-refractivity contribution in [3.63, 3.8) is 0 Å². The van der Waals surface area contributed by atoms with E-state index in [0.29, 0.717) is 12.2 Å². The number of aryl methyl sites for hydroxylation is 2. The summed E-state index contributed by atoms with van der Waals surface area (Å²) < 4.78 is 3.12. The zero-order chi connectivity index (χ0) is 16.8. The van der Waals surface area contributed by atoms with Crippen LogP contribution in [0.5, 0.6) is 0 Å². The van der Waals surface area contributed by atoms with Gasteiger partial charge in [0.25, 0.3) is 0 Å². The van der Waals surface area contributed by atoms with Gasteiger partial charge in [0.15, 0.2) is 5.65 Å². The zero-order valence-electron chi connectivity index (χ0n) is 14.4. The molecule has 23 heavy (non-hydrogen) atoms. The summed E-state index contributed by atoms with van der Waals surface area (Å²) in [6, 6.07) is 10.0. The molecule has 4 heteroatoms. The third kappa shape index (κ3) is 2.81. The second-order valence-electron chi connectivity index (χ2n) is 7.21. The van der Waals surface area contributed by atoms with E-state index in [2.05, 4.69) is 51.9 Å². The number of benzene rings is 1. The van der Waals surface area contributed by atoms with Crippen molar-refractivity contribution in [1.29, 1.82) is 0 Å². The molecule has 0 atom stereocenters. The molecular formula is C19H23N3O. The third-order valence-corrected chi connectivity index (χ3v) is 4.36. The van der Waals surface area contributed by atoms with E-state index in [9.17, 15) is 4.79 Å². The number of aromatic nitrogens is 3. The zero-order valence-corrected chi connectivity index (χ0v) is 14.4. The van der Waals surface area contributed by atoms with Gasteiger partial charge in [-0.05, 0) is 53.6 Å². The summed E-state index contributed by atoms with van der Waals surface area (Å²) >= 11 is 0. The number of pyridine rings is 1. The molecule has 0 amide bonds. The van der Waals surface area contributed by atoms with Gasteiger partial charge >= 0.3 is 5.69 Å². The Morgan fingerprint density at radius 3 is 2.30 bits per heavy atom. The van der Waals surface area contributed by atoms with E-state index < -0.39 is 0 Å². The molecule has 0 aliphatic rings. The number of hydrogen-bond donors (Lipinski definition) is 0. The van der Waals surface area contributed by atoms with Crippen molar-refractivity contribution in [1.82, 2.24) is 14.2 Å². The summed E-state index contributed by atoms with van der Waals surface area (Å²) in [5, 5.41) is 4.43. The third-order valence-electron chi connectivity index (χ3n) is 4.36. The molecule has 0 N–H and O–H groups in total. The lowest BCUT2D eigenvalue weighted by Gasteiger charge is -2.22. The molecule has 3 aromatic rings. The quantitative estimate of drug-likeness (QED) is 0.727. The van der Waals surface area contributed by atoms with E-state index in [-0.39, 0.29) is 11.1 Å². The maximum absolute atomic E-state index is 12.4. The summed E-state index contributed by atoms with van der Waals surface area (Å²) in [6.07, 6.45) is 1.75. The highest BCUT2D eigenvalue weighted by Gasteiger charge is 2.17. The van der Waals surface area contributed by atoms with Gasteiger partial charge in [0.2, 0.25) is 0 Å². The molecule has 0 aliphatic heterocycles. The molecule has 0 unspecified atom stereocenters. The molecule has 0 bridgehead atoms. The van der Waals surface area contributed by atoms with Crippen LogP contribution >= 0.6 is 0 Å².